The van der Waals surface area contributed by atoms with E-state index in [2.05, 4.69) is 0 Å². The summed E-state index contributed by atoms with van der Waals surface area (Å²) in [6.45, 7) is 1.43. The van der Waals surface area contributed by atoms with Crippen LogP contribution in [0.15, 0.2) is 0 Å². The summed E-state index contributed by atoms with van der Waals surface area (Å²) in [6, 6.07) is -4.12. The molecule has 0 atom stereocenters. The topological polar surface area (TPSA) is 9.23 Å². The molecule has 0 rings (SSSR count). The van der Waals surface area contributed by atoms with E-state index in [0.717, 1.165) is 0 Å². The largest absolute Gasteiger partial charge is 0.460 e. The minimum absolute atomic E-state index is 0.358. The summed E-state index contributed by atoms with van der Waals surface area (Å²) in [7, 11) is -9.51. The molecule has 0 saturated carbocycles. The molecule has 0 amide bonds. The molecular formula is C24H20F34OSi2. The first kappa shape index (κ1) is 59.0. The molecular weight excluding hydrogens is 1010 g/mol. The summed E-state index contributed by atoms with van der Waals surface area (Å²) < 4.78 is 464. The van der Waals surface area contributed by atoms with Crippen molar-refractivity contribution in [3.63, 3.8) is 0 Å². The average Bonchev–Trinajstić information content (AvgIpc) is 3.00. The zero-order valence-electron chi connectivity index (χ0n) is 29.1. The molecule has 0 aromatic rings. The monoisotopic (exact) mass is 1030 g/mol. The van der Waals surface area contributed by atoms with Gasteiger partial charge in [-0.3, -0.25) is 0 Å². The highest BCUT2D eigenvalue weighted by Gasteiger charge is 2.97. The standard InChI is InChI=1S/C24H20F34OSi2/c1-60(2,7-5-9(25,26)11(29,30)13(33,34)15(37,38)17(41,42)19(45,46)21(49,50)23(53,54)55)59-61(3,4)8-6-10(27,28)12(31,32)14(35,36)16(39,40)18(43,44)20(47,48)22(51,52)24(56,57)58/h5-8H2,1-4H3. The Bertz CT molecular complexity index is 1420. The summed E-state index contributed by atoms with van der Waals surface area (Å²) in [6.07, 6.45) is -22.4. The van der Waals surface area contributed by atoms with Crippen molar-refractivity contribution in [2.75, 3.05) is 0 Å². The van der Waals surface area contributed by atoms with Gasteiger partial charge in [-0.05, 0) is 38.3 Å². The number of hydrogen-bond acceptors (Lipinski definition) is 1. The summed E-state index contributed by atoms with van der Waals surface area (Å²) in [4.78, 5) is 0. The fourth-order valence-corrected chi connectivity index (χ4v) is 13.1. The van der Waals surface area contributed by atoms with Crippen molar-refractivity contribution in [3.05, 3.63) is 0 Å². The van der Waals surface area contributed by atoms with Crippen molar-refractivity contribution < 1.29 is 153 Å². The second-order valence-corrected chi connectivity index (χ2v) is 22.8. The quantitative estimate of drug-likeness (QED) is 0.0872. The van der Waals surface area contributed by atoms with Crippen molar-refractivity contribution in [2.45, 2.75) is 146 Å². The highest BCUT2D eigenvalue weighted by molar-refractivity contribution is 6.84. The first-order valence-corrected chi connectivity index (χ1v) is 21.0. The van der Waals surface area contributed by atoms with Crippen LogP contribution in [0.3, 0.4) is 0 Å². The van der Waals surface area contributed by atoms with Gasteiger partial charge in [0, 0.05) is 12.8 Å². The van der Waals surface area contributed by atoms with Gasteiger partial charge < -0.3 is 4.12 Å². The van der Waals surface area contributed by atoms with Crippen LogP contribution in [0.1, 0.15) is 12.8 Å². The van der Waals surface area contributed by atoms with Gasteiger partial charge in [0.25, 0.3) is 0 Å². The van der Waals surface area contributed by atoms with E-state index in [0.29, 0.717) is 26.2 Å². The highest BCUT2D eigenvalue weighted by atomic mass is 28.4. The molecule has 0 radical (unpaired) electrons. The fraction of sp³-hybridized carbons (Fsp3) is 1.00. The first-order valence-electron chi connectivity index (χ1n) is 14.7. The second-order valence-electron chi connectivity index (χ2n) is 13.9. The number of rotatable bonds is 20. The lowest BCUT2D eigenvalue weighted by Crippen LogP contribution is -2.74. The Kier molecular flexibility index (Phi) is 14.8. The molecule has 61 heavy (non-hydrogen) atoms. The predicted octanol–water partition coefficient (Wildman–Crippen LogP) is 14.2. The van der Waals surface area contributed by atoms with E-state index in [9.17, 15) is 149 Å². The third kappa shape index (κ3) is 8.78. The third-order valence-corrected chi connectivity index (χ3v) is 15.5. The normalized spacial score (nSPS) is 17.0. The maximum atomic E-state index is 14.4. The Morgan fingerprint density at radius 3 is 0.557 bits per heavy atom. The molecule has 0 aromatic carbocycles. The third-order valence-electron chi connectivity index (χ3n) is 8.21. The van der Waals surface area contributed by atoms with Gasteiger partial charge >= 0.3 is 95.3 Å². The van der Waals surface area contributed by atoms with Gasteiger partial charge in [0.15, 0.2) is 16.6 Å². The maximum Gasteiger partial charge on any atom is 0.460 e. The minimum Gasteiger partial charge on any atom is -0.455 e. The summed E-state index contributed by atoms with van der Waals surface area (Å²) in [5, 5.41) is 0. The van der Waals surface area contributed by atoms with Gasteiger partial charge in [-0.1, -0.05) is 0 Å². The smallest absolute Gasteiger partial charge is 0.455 e. The maximum absolute atomic E-state index is 14.4. The molecule has 0 aromatic heterocycles. The van der Waals surface area contributed by atoms with E-state index in [1.54, 1.807) is 0 Å². The van der Waals surface area contributed by atoms with Crippen molar-refractivity contribution >= 4 is 16.6 Å². The molecule has 0 aliphatic carbocycles. The van der Waals surface area contributed by atoms with Crippen LogP contribution >= 0.6 is 0 Å². The summed E-state index contributed by atoms with van der Waals surface area (Å²) >= 11 is 0. The number of hydrogen-bond donors (Lipinski definition) is 0. The van der Waals surface area contributed by atoms with Crippen LogP contribution in [0.5, 0.6) is 0 Å². The molecule has 0 saturated heterocycles. The zero-order valence-corrected chi connectivity index (χ0v) is 31.1. The lowest BCUT2D eigenvalue weighted by molar-refractivity contribution is -0.461. The zero-order chi connectivity index (χ0) is 50.5. The Hall–Kier alpha value is -1.99. The molecule has 0 unspecified atom stereocenters. The predicted molar refractivity (Wildman–Crippen MR) is 136 cm³/mol. The summed E-state index contributed by atoms with van der Waals surface area (Å²) in [5.74, 6) is -118. The first-order chi connectivity index (χ1) is 25.6. The van der Waals surface area contributed by atoms with Gasteiger partial charge in [-0.2, -0.15) is 149 Å². The lowest BCUT2D eigenvalue weighted by atomic mass is 9.88. The van der Waals surface area contributed by atoms with Crippen LogP contribution in [-0.4, -0.2) is 112 Å². The Balaban J connectivity index is 6.56. The van der Waals surface area contributed by atoms with E-state index < -0.39 is 137 Å². The fourth-order valence-electron chi connectivity index (χ4n) is 4.47. The van der Waals surface area contributed by atoms with Crippen LogP contribution < -0.4 is 0 Å². The van der Waals surface area contributed by atoms with E-state index in [1.807, 2.05) is 0 Å². The minimum atomic E-state index is -8.98. The van der Waals surface area contributed by atoms with Crippen molar-refractivity contribution in [2.24, 2.45) is 0 Å². The van der Waals surface area contributed by atoms with Gasteiger partial charge in [-0.25, -0.2) is 0 Å². The molecule has 0 fully saturated rings. The average molecular weight is 1030 g/mol. The van der Waals surface area contributed by atoms with E-state index in [-0.39, 0.29) is 0 Å². The van der Waals surface area contributed by atoms with E-state index in [4.69, 9.17) is 4.12 Å². The van der Waals surface area contributed by atoms with Crippen LogP contribution in [0.2, 0.25) is 38.3 Å². The highest BCUT2D eigenvalue weighted by Crippen LogP contribution is 2.66. The Labute approximate surface area is 317 Å². The molecule has 368 valence electrons. The SMILES string of the molecule is C[Si](C)(CCC(F)(F)C(F)(F)C(F)(F)C(F)(F)C(F)(F)C(F)(F)C(F)(F)C(F)(F)F)O[Si](C)(C)CCC(F)(F)C(F)(F)C(F)(F)C(F)(F)C(F)(F)C(F)(F)C(F)(F)C(F)(F)F. The summed E-state index contributed by atoms with van der Waals surface area (Å²) in [5.41, 5.74) is 0. The molecule has 0 aliphatic heterocycles. The van der Waals surface area contributed by atoms with Crippen LogP contribution in [0.25, 0.3) is 0 Å². The molecule has 0 spiro atoms. The molecule has 1 nitrogen and oxygen atoms in total. The Morgan fingerprint density at radius 2 is 0.393 bits per heavy atom. The second kappa shape index (κ2) is 15.3. The van der Waals surface area contributed by atoms with Gasteiger partial charge in [0.2, 0.25) is 0 Å². The van der Waals surface area contributed by atoms with Gasteiger partial charge in [-0.15, -0.1) is 0 Å². The van der Waals surface area contributed by atoms with Crippen molar-refractivity contribution in [1.82, 2.24) is 0 Å². The van der Waals surface area contributed by atoms with Crippen molar-refractivity contribution in [1.29, 1.82) is 0 Å². The molecule has 37 heteroatoms. The number of halogens is 34. The molecule has 0 N–H and O–H groups in total. The Morgan fingerprint density at radius 1 is 0.246 bits per heavy atom. The lowest BCUT2D eigenvalue weighted by Gasteiger charge is -2.43. The molecule has 0 bridgehead atoms. The van der Waals surface area contributed by atoms with E-state index >= 15 is 0 Å². The van der Waals surface area contributed by atoms with Crippen LogP contribution in [-0.2, 0) is 4.12 Å². The van der Waals surface area contributed by atoms with Crippen molar-refractivity contribution in [3.8, 4) is 0 Å². The van der Waals surface area contributed by atoms with Gasteiger partial charge in [0.05, 0.1) is 0 Å². The van der Waals surface area contributed by atoms with E-state index in [1.165, 1.54) is 0 Å². The van der Waals surface area contributed by atoms with Crippen LogP contribution in [0.4, 0.5) is 149 Å². The van der Waals surface area contributed by atoms with Crippen LogP contribution in [0, 0.1) is 0 Å². The van der Waals surface area contributed by atoms with Gasteiger partial charge in [0.1, 0.15) is 0 Å². The molecule has 0 heterocycles. The molecule has 0 aliphatic rings. The number of alkyl halides is 34.